The lowest BCUT2D eigenvalue weighted by Gasteiger charge is -2.22. The molecular weight excluding hydrogens is 304 g/mol. The van der Waals surface area contributed by atoms with Gasteiger partial charge in [0.05, 0.1) is 19.2 Å². The number of hydrogen-bond acceptors (Lipinski definition) is 4. The van der Waals surface area contributed by atoms with E-state index in [1.165, 1.54) is 7.11 Å². The highest BCUT2D eigenvalue weighted by Crippen LogP contribution is 2.17. The fourth-order valence-corrected chi connectivity index (χ4v) is 2.28. The van der Waals surface area contributed by atoms with Crippen LogP contribution in [0, 0.1) is 0 Å². The van der Waals surface area contributed by atoms with E-state index in [0.717, 1.165) is 5.69 Å². The van der Waals surface area contributed by atoms with E-state index in [0.29, 0.717) is 17.8 Å². The van der Waals surface area contributed by atoms with Crippen LogP contribution >= 0.6 is 0 Å². The number of carbonyl (C=O) groups excluding carboxylic acids is 2. The molecule has 0 radical (unpaired) electrons. The third-order valence-electron chi connectivity index (χ3n) is 3.44. The number of nitrogens with zero attached hydrogens (tertiary/aromatic N) is 1. The smallest absolute Gasteiger partial charge is 0.339 e. The summed E-state index contributed by atoms with van der Waals surface area (Å²) in [6.07, 6.45) is 1.67. The van der Waals surface area contributed by atoms with E-state index in [9.17, 15) is 9.59 Å². The van der Waals surface area contributed by atoms with Crippen LogP contribution in [0.4, 0.5) is 11.4 Å². The summed E-state index contributed by atoms with van der Waals surface area (Å²) in [4.78, 5) is 25.9. The summed E-state index contributed by atoms with van der Waals surface area (Å²) in [6.45, 7) is 4.16. The molecule has 0 fully saturated rings. The SMILES string of the molecule is C=CCN(C(=O)CNc1ccccc1C(=O)OC)c1ccccc1. The highest BCUT2D eigenvalue weighted by atomic mass is 16.5. The van der Waals surface area contributed by atoms with Crippen molar-refractivity contribution in [3.8, 4) is 0 Å². The van der Waals surface area contributed by atoms with Crippen molar-refractivity contribution in [3.05, 3.63) is 72.8 Å². The Kier molecular flexibility index (Phi) is 6.14. The van der Waals surface area contributed by atoms with Gasteiger partial charge in [-0.05, 0) is 24.3 Å². The average molecular weight is 324 g/mol. The largest absolute Gasteiger partial charge is 0.465 e. The zero-order valence-corrected chi connectivity index (χ0v) is 13.6. The van der Waals surface area contributed by atoms with Crippen molar-refractivity contribution in [2.75, 3.05) is 30.4 Å². The van der Waals surface area contributed by atoms with Crippen molar-refractivity contribution in [1.29, 1.82) is 0 Å². The number of methoxy groups -OCH3 is 1. The quantitative estimate of drug-likeness (QED) is 0.628. The second-order valence-corrected chi connectivity index (χ2v) is 5.02. The van der Waals surface area contributed by atoms with Crippen LogP contribution in [-0.4, -0.2) is 32.1 Å². The minimum Gasteiger partial charge on any atom is -0.465 e. The highest BCUT2D eigenvalue weighted by molar-refractivity contribution is 5.99. The van der Waals surface area contributed by atoms with Crippen LogP contribution in [0.1, 0.15) is 10.4 Å². The number of benzene rings is 2. The second-order valence-electron chi connectivity index (χ2n) is 5.02. The maximum Gasteiger partial charge on any atom is 0.339 e. The molecule has 0 aliphatic heterocycles. The standard InChI is InChI=1S/C19H20N2O3/c1-3-13-21(15-9-5-4-6-10-15)18(22)14-20-17-12-8-7-11-16(17)19(23)24-2/h3-12,20H,1,13-14H2,2H3. The molecule has 5 nitrogen and oxygen atoms in total. The van der Waals surface area contributed by atoms with Crippen LogP contribution in [0.15, 0.2) is 67.3 Å². The first-order chi connectivity index (χ1) is 11.7. The minimum absolute atomic E-state index is 0.0523. The topological polar surface area (TPSA) is 58.6 Å². The van der Waals surface area contributed by atoms with E-state index in [4.69, 9.17) is 4.74 Å². The van der Waals surface area contributed by atoms with Gasteiger partial charge in [0.2, 0.25) is 5.91 Å². The van der Waals surface area contributed by atoms with Crippen molar-refractivity contribution in [1.82, 2.24) is 0 Å². The lowest BCUT2D eigenvalue weighted by Crippen LogP contribution is -2.36. The molecule has 0 saturated carbocycles. The predicted octanol–water partition coefficient (Wildman–Crippen LogP) is 3.10. The summed E-state index contributed by atoms with van der Waals surface area (Å²) in [5.74, 6) is -0.572. The van der Waals surface area contributed by atoms with E-state index >= 15 is 0 Å². The first kappa shape index (κ1) is 17.3. The molecule has 0 unspecified atom stereocenters. The molecule has 0 aromatic heterocycles. The van der Waals surface area contributed by atoms with Crippen molar-refractivity contribution >= 4 is 23.3 Å². The molecule has 24 heavy (non-hydrogen) atoms. The van der Waals surface area contributed by atoms with Crippen molar-refractivity contribution in [2.24, 2.45) is 0 Å². The molecule has 0 spiro atoms. The van der Waals surface area contributed by atoms with E-state index in [2.05, 4.69) is 11.9 Å². The Bertz CT molecular complexity index is 714. The van der Waals surface area contributed by atoms with Crippen LogP contribution < -0.4 is 10.2 Å². The molecule has 2 aromatic carbocycles. The molecule has 0 aliphatic carbocycles. The van der Waals surface area contributed by atoms with Crippen LogP contribution in [0.5, 0.6) is 0 Å². The lowest BCUT2D eigenvalue weighted by molar-refractivity contribution is -0.116. The number of carbonyl (C=O) groups is 2. The fourth-order valence-electron chi connectivity index (χ4n) is 2.28. The van der Waals surface area contributed by atoms with Crippen LogP contribution in [0.25, 0.3) is 0 Å². The van der Waals surface area contributed by atoms with Gasteiger partial charge in [-0.2, -0.15) is 0 Å². The first-order valence-electron chi connectivity index (χ1n) is 7.55. The first-order valence-corrected chi connectivity index (χ1v) is 7.55. The molecule has 0 heterocycles. The van der Waals surface area contributed by atoms with Crippen LogP contribution in [0.2, 0.25) is 0 Å². The summed E-state index contributed by atoms with van der Waals surface area (Å²) in [7, 11) is 1.32. The molecule has 5 heteroatoms. The molecule has 0 saturated heterocycles. The summed E-state index contributed by atoms with van der Waals surface area (Å²) in [5.41, 5.74) is 1.75. The Balaban J connectivity index is 2.12. The highest BCUT2D eigenvalue weighted by Gasteiger charge is 2.16. The average Bonchev–Trinajstić information content (AvgIpc) is 2.64. The van der Waals surface area contributed by atoms with Gasteiger partial charge in [0.25, 0.3) is 0 Å². The molecule has 0 aliphatic rings. The number of rotatable bonds is 7. The Morgan fingerprint density at radius 1 is 1.12 bits per heavy atom. The van der Waals surface area contributed by atoms with Crippen molar-refractivity contribution in [2.45, 2.75) is 0 Å². The van der Waals surface area contributed by atoms with E-state index in [1.54, 1.807) is 35.2 Å². The summed E-state index contributed by atoms with van der Waals surface area (Å²) in [5, 5.41) is 3.01. The second kappa shape index (κ2) is 8.53. The Morgan fingerprint density at radius 3 is 2.46 bits per heavy atom. The van der Waals surface area contributed by atoms with Gasteiger partial charge in [0.15, 0.2) is 0 Å². The Hall–Kier alpha value is -3.08. The molecular formula is C19H20N2O3. The molecule has 0 atom stereocenters. The van der Waals surface area contributed by atoms with Crippen molar-refractivity contribution < 1.29 is 14.3 Å². The fraction of sp³-hybridized carbons (Fsp3) is 0.158. The summed E-state index contributed by atoms with van der Waals surface area (Å²) < 4.78 is 4.75. The maximum atomic E-state index is 12.6. The third kappa shape index (κ3) is 4.23. The van der Waals surface area contributed by atoms with Gasteiger partial charge in [-0.25, -0.2) is 4.79 Å². The molecule has 1 amide bonds. The molecule has 2 aromatic rings. The predicted molar refractivity (Wildman–Crippen MR) is 95.3 cm³/mol. The normalized spacial score (nSPS) is 9.88. The lowest BCUT2D eigenvalue weighted by atomic mass is 10.2. The number of hydrogen-bond donors (Lipinski definition) is 1. The molecule has 0 bridgehead atoms. The zero-order valence-electron chi connectivity index (χ0n) is 13.6. The molecule has 2 rings (SSSR count). The van der Waals surface area contributed by atoms with Gasteiger partial charge in [-0.3, -0.25) is 4.79 Å². The van der Waals surface area contributed by atoms with Gasteiger partial charge in [-0.15, -0.1) is 6.58 Å². The van der Waals surface area contributed by atoms with E-state index in [-0.39, 0.29) is 12.5 Å². The van der Waals surface area contributed by atoms with Gasteiger partial charge < -0.3 is 15.0 Å². The van der Waals surface area contributed by atoms with Gasteiger partial charge in [0, 0.05) is 17.9 Å². The molecule has 124 valence electrons. The summed E-state index contributed by atoms with van der Waals surface area (Å²) in [6, 6.07) is 16.3. The van der Waals surface area contributed by atoms with Gasteiger partial charge in [0.1, 0.15) is 0 Å². The number of nitrogens with one attached hydrogen (secondary N) is 1. The maximum absolute atomic E-state index is 12.6. The van der Waals surface area contributed by atoms with Gasteiger partial charge in [-0.1, -0.05) is 36.4 Å². The van der Waals surface area contributed by atoms with Gasteiger partial charge >= 0.3 is 5.97 Å². The zero-order chi connectivity index (χ0) is 17.4. The van der Waals surface area contributed by atoms with E-state index < -0.39 is 5.97 Å². The number of ether oxygens (including phenoxy) is 1. The molecule has 1 N–H and O–H groups in total. The van der Waals surface area contributed by atoms with E-state index in [1.807, 2.05) is 30.3 Å². The van der Waals surface area contributed by atoms with Crippen LogP contribution in [-0.2, 0) is 9.53 Å². The Morgan fingerprint density at radius 2 is 1.79 bits per heavy atom. The number of para-hydroxylation sites is 2. The van der Waals surface area contributed by atoms with Crippen LogP contribution in [0.3, 0.4) is 0 Å². The minimum atomic E-state index is -0.448. The Labute approximate surface area is 141 Å². The summed E-state index contributed by atoms with van der Waals surface area (Å²) >= 11 is 0. The van der Waals surface area contributed by atoms with Crippen molar-refractivity contribution in [3.63, 3.8) is 0 Å². The number of amides is 1. The monoisotopic (exact) mass is 324 g/mol. The number of anilines is 2. The number of esters is 1. The third-order valence-corrected chi connectivity index (χ3v) is 3.44.